The van der Waals surface area contributed by atoms with Crippen molar-refractivity contribution in [1.82, 2.24) is 0 Å². The van der Waals surface area contributed by atoms with Gasteiger partial charge in [0.2, 0.25) is 0 Å². The number of hydrogen-bond donors (Lipinski definition) is 0. The first kappa shape index (κ1) is 13.4. The average Bonchev–Trinajstić information content (AvgIpc) is 2.46. The van der Waals surface area contributed by atoms with Gasteiger partial charge in [0.1, 0.15) is 0 Å². The van der Waals surface area contributed by atoms with Crippen LogP contribution in [0.25, 0.3) is 0 Å². The number of benzene rings is 1. The van der Waals surface area contributed by atoms with Gasteiger partial charge in [0.25, 0.3) is 0 Å². The first-order valence-electron chi connectivity index (χ1n) is 7.47. The van der Waals surface area contributed by atoms with E-state index in [0.717, 1.165) is 5.92 Å². The summed E-state index contributed by atoms with van der Waals surface area (Å²) in [4.78, 5) is 0. The third-order valence-corrected chi connectivity index (χ3v) is 4.52. The van der Waals surface area contributed by atoms with Crippen molar-refractivity contribution in [2.75, 3.05) is 0 Å². The molecule has 0 radical (unpaired) electrons. The molecule has 1 aliphatic carbocycles. The van der Waals surface area contributed by atoms with E-state index in [1.807, 2.05) is 0 Å². The van der Waals surface area contributed by atoms with Crippen molar-refractivity contribution in [2.45, 2.75) is 58.8 Å². The van der Waals surface area contributed by atoms with Crippen molar-refractivity contribution in [3.8, 4) is 0 Å². The summed E-state index contributed by atoms with van der Waals surface area (Å²) in [6.45, 7) is 4.71. The Morgan fingerprint density at radius 3 is 2.33 bits per heavy atom. The van der Waals surface area contributed by atoms with Gasteiger partial charge in [0.15, 0.2) is 0 Å². The highest BCUT2D eigenvalue weighted by Gasteiger charge is 2.16. The molecule has 2 rings (SSSR count). The van der Waals surface area contributed by atoms with E-state index in [4.69, 9.17) is 0 Å². The lowest BCUT2D eigenvalue weighted by Gasteiger charge is -2.24. The summed E-state index contributed by atoms with van der Waals surface area (Å²) in [5, 5.41) is 0. The van der Waals surface area contributed by atoms with Crippen molar-refractivity contribution < 1.29 is 0 Å². The molecule has 0 nitrogen and oxygen atoms in total. The van der Waals surface area contributed by atoms with Crippen LogP contribution in [-0.2, 0) is 6.42 Å². The van der Waals surface area contributed by atoms with E-state index in [1.54, 1.807) is 11.1 Å². The van der Waals surface area contributed by atoms with Crippen molar-refractivity contribution in [2.24, 2.45) is 5.92 Å². The Bertz CT molecular complexity index is 380. The van der Waals surface area contributed by atoms with Crippen LogP contribution >= 0.6 is 0 Å². The van der Waals surface area contributed by atoms with Crippen molar-refractivity contribution in [1.29, 1.82) is 0 Å². The molecular formula is C18H26. The molecule has 1 aromatic rings. The first-order valence-corrected chi connectivity index (χ1v) is 7.47. The minimum absolute atomic E-state index is 0.884. The van der Waals surface area contributed by atoms with Gasteiger partial charge in [-0.15, -0.1) is 0 Å². The Morgan fingerprint density at radius 2 is 1.67 bits per heavy atom. The lowest BCUT2D eigenvalue weighted by Crippen LogP contribution is -2.09. The summed E-state index contributed by atoms with van der Waals surface area (Å²) in [7, 11) is 0. The molecule has 1 fully saturated rings. The van der Waals surface area contributed by atoms with Crippen LogP contribution < -0.4 is 0 Å². The Balaban J connectivity index is 1.91. The lowest BCUT2D eigenvalue weighted by atomic mass is 9.82. The molecule has 0 spiro atoms. The summed E-state index contributed by atoms with van der Waals surface area (Å²) >= 11 is 0. The highest BCUT2D eigenvalue weighted by atomic mass is 14.2. The SMILES string of the molecule is C/C(CCc1ccccc1)=C(/C)C1CCCCC1. The van der Waals surface area contributed by atoms with E-state index in [1.165, 1.54) is 50.5 Å². The van der Waals surface area contributed by atoms with Crippen molar-refractivity contribution >= 4 is 0 Å². The molecular weight excluding hydrogens is 216 g/mol. The standard InChI is InChI=1S/C18H26/c1-15(13-14-17-9-5-3-6-10-17)16(2)18-11-7-4-8-12-18/h3,5-6,9-10,18H,4,7-8,11-14H2,1-2H3/b16-15+. The molecule has 98 valence electrons. The molecule has 0 heteroatoms. The maximum absolute atomic E-state index is 2.37. The minimum Gasteiger partial charge on any atom is -0.0738 e. The van der Waals surface area contributed by atoms with E-state index < -0.39 is 0 Å². The third-order valence-electron chi connectivity index (χ3n) is 4.52. The van der Waals surface area contributed by atoms with E-state index in [9.17, 15) is 0 Å². The van der Waals surface area contributed by atoms with E-state index in [-0.39, 0.29) is 0 Å². The Hall–Kier alpha value is -1.04. The average molecular weight is 242 g/mol. The molecule has 0 unspecified atom stereocenters. The van der Waals surface area contributed by atoms with Gasteiger partial charge >= 0.3 is 0 Å². The summed E-state index contributed by atoms with van der Waals surface area (Å²) < 4.78 is 0. The van der Waals surface area contributed by atoms with E-state index in [0.29, 0.717) is 0 Å². The van der Waals surface area contributed by atoms with E-state index in [2.05, 4.69) is 44.2 Å². The highest BCUT2D eigenvalue weighted by Crippen LogP contribution is 2.31. The fourth-order valence-electron chi connectivity index (χ4n) is 3.06. The van der Waals surface area contributed by atoms with Crippen molar-refractivity contribution in [3.63, 3.8) is 0 Å². The maximum Gasteiger partial charge on any atom is -0.0203 e. The van der Waals surface area contributed by atoms with Crippen LogP contribution in [0.15, 0.2) is 41.5 Å². The predicted octanol–water partition coefficient (Wildman–Crippen LogP) is 5.54. The van der Waals surface area contributed by atoms with Gasteiger partial charge in [-0.2, -0.15) is 0 Å². The van der Waals surface area contributed by atoms with Crippen LogP contribution in [0.2, 0.25) is 0 Å². The molecule has 0 atom stereocenters. The van der Waals surface area contributed by atoms with Gasteiger partial charge < -0.3 is 0 Å². The number of allylic oxidation sites excluding steroid dienone is 2. The van der Waals surface area contributed by atoms with Crippen molar-refractivity contribution in [3.05, 3.63) is 47.0 Å². The van der Waals surface area contributed by atoms with Crippen LogP contribution in [0, 0.1) is 5.92 Å². The van der Waals surface area contributed by atoms with Gasteiger partial charge in [0, 0.05) is 0 Å². The fourth-order valence-corrected chi connectivity index (χ4v) is 3.06. The first-order chi connectivity index (χ1) is 8.77. The molecule has 0 aliphatic heterocycles. The van der Waals surface area contributed by atoms with Crippen LogP contribution in [0.1, 0.15) is 57.9 Å². The topological polar surface area (TPSA) is 0 Å². The molecule has 0 bridgehead atoms. The Morgan fingerprint density at radius 1 is 1.00 bits per heavy atom. The predicted molar refractivity (Wildman–Crippen MR) is 79.7 cm³/mol. The monoisotopic (exact) mass is 242 g/mol. The third kappa shape index (κ3) is 3.73. The summed E-state index contributed by atoms with van der Waals surface area (Å²) in [6, 6.07) is 10.9. The maximum atomic E-state index is 2.37. The molecule has 18 heavy (non-hydrogen) atoms. The summed E-state index contributed by atoms with van der Waals surface area (Å²) in [6.07, 6.45) is 9.60. The second-order valence-electron chi connectivity index (χ2n) is 5.78. The fraction of sp³-hybridized carbons (Fsp3) is 0.556. The van der Waals surface area contributed by atoms with Crippen LogP contribution in [0.5, 0.6) is 0 Å². The van der Waals surface area contributed by atoms with Crippen LogP contribution in [-0.4, -0.2) is 0 Å². The quantitative estimate of drug-likeness (QED) is 0.608. The lowest BCUT2D eigenvalue weighted by molar-refractivity contribution is 0.400. The van der Waals surface area contributed by atoms with Crippen LogP contribution in [0.4, 0.5) is 0 Å². The minimum atomic E-state index is 0.884. The molecule has 0 amide bonds. The molecule has 0 heterocycles. The van der Waals surface area contributed by atoms with E-state index >= 15 is 0 Å². The molecule has 0 aromatic heterocycles. The molecule has 0 saturated heterocycles. The molecule has 1 aromatic carbocycles. The second-order valence-corrected chi connectivity index (χ2v) is 5.78. The molecule has 1 aliphatic rings. The zero-order valence-electron chi connectivity index (χ0n) is 11.9. The normalized spacial score (nSPS) is 18.6. The zero-order valence-corrected chi connectivity index (χ0v) is 11.9. The number of hydrogen-bond acceptors (Lipinski definition) is 0. The highest BCUT2D eigenvalue weighted by molar-refractivity contribution is 5.19. The smallest absolute Gasteiger partial charge is 0.0203 e. The zero-order chi connectivity index (χ0) is 12.8. The molecule has 1 saturated carbocycles. The largest absolute Gasteiger partial charge is 0.0738 e. The molecule has 0 N–H and O–H groups in total. The Kier molecular flexibility index (Phi) is 5.04. The number of aryl methyl sites for hydroxylation is 1. The van der Waals surface area contributed by atoms with Gasteiger partial charge in [-0.1, -0.05) is 60.7 Å². The van der Waals surface area contributed by atoms with Crippen LogP contribution in [0.3, 0.4) is 0 Å². The summed E-state index contributed by atoms with van der Waals surface area (Å²) in [5.74, 6) is 0.884. The van der Waals surface area contributed by atoms with Gasteiger partial charge in [0.05, 0.1) is 0 Å². The summed E-state index contributed by atoms with van der Waals surface area (Å²) in [5.41, 5.74) is 4.78. The van der Waals surface area contributed by atoms with Gasteiger partial charge in [-0.05, 0) is 51.0 Å². The number of rotatable bonds is 4. The second kappa shape index (κ2) is 6.78. The van der Waals surface area contributed by atoms with Gasteiger partial charge in [-0.3, -0.25) is 0 Å². The van der Waals surface area contributed by atoms with Gasteiger partial charge in [-0.25, -0.2) is 0 Å². The Labute approximate surface area is 112 Å².